The van der Waals surface area contributed by atoms with E-state index in [4.69, 9.17) is 14.2 Å². The summed E-state index contributed by atoms with van der Waals surface area (Å²) in [6.07, 6.45) is 0. The van der Waals surface area contributed by atoms with E-state index in [9.17, 15) is 0 Å². The van der Waals surface area contributed by atoms with Crippen LogP contribution in [0.3, 0.4) is 0 Å². The fraction of sp³-hybridized carbons (Fsp3) is 0.231. The van der Waals surface area contributed by atoms with Crippen molar-refractivity contribution in [2.45, 2.75) is 0 Å². The molecule has 2 aromatic carbocycles. The highest BCUT2D eigenvalue weighted by Crippen LogP contribution is 2.33. The Kier molecular flexibility index (Phi) is 2.86. The summed E-state index contributed by atoms with van der Waals surface area (Å²) in [5.41, 5.74) is 0. The van der Waals surface area contributed by atoms with E-state index < -0.39 is 0 Å². The summed E-state index contributed by atoms with van der Waals surface area (Å²) < 4.78 is 15.7. The van der Waals surface area contributed by atoms with Gasteiger partial charge in [0.05, 0.1) is 21.3 Å². The zero-order valence-corrected chi connectivity index (χ0v) is 9.61. The minimum Gasteiger partial charge on any atom is -0.497 e. The summed E-state index contributed by atoms with van der Waals surface area (Å²) in [6.45, 7) is 0. The lowest BCUT2D eigenvalue weighted by Crippen LogP contribution is -1.90. The topological polar surface area (TPSA) is 27.7 Å². The van der Waals surface area contributed by atoms with Gasteiger partial charge in [0.2, 0.25) is 0 Å². The van der Waals surface area contributed by atoms with E-state index >= 15 is 0 Å². The van der Waals surface area contributed by atoms with Gasteiger partial charge >= 0.3 is 0 Å². The van der Waals surface area contributed by atoms with Crippen LogP contribution < -0.4 is 14.2 Å². The maximum absolute atomic E-state index is 5.25. The molecule has 0 heterocycles. The van der Waals surface area contributed by atoms with Gasteiger partial charge in [0.15, 0.2) is 11.5 Å². The molecular weight excluding hydrogens is 204 g/mol. The van der Waals surface area contributed by atoms with E-state index in [0.717, 1.165) is 28.0 Å². The third-order valence-electron chi connectivity index (χ3n) is 2.55. The Morgan fingerprint density at radius 2 is 1.31 bits per heavy atom. The fourth-order valence-electron chi connectivity index (χ4n) is 1.68. The number of methoxy groups -OCH3 is 3. The van der Waals surface area contributed by atoms with Crippen molar-refractivity contribution >= 4 is 10.8 Å². The van der Waals surface area contributed by atoms with Gasteiger partial charge in [-0.1, -0.05) is 6.07 Å². The molecule has 2 rings (SSSR count). The molecule has 0 N–H and O–H groups in total. The first-order valence-corrected chi connectivity index (χ1v) is 4.98. The van der Waals surface area contributed by atoms with Crippen molar-refractivity contribution in [1.82, 2.24) is 0 Å². The molecule has 0 bridgehead atoms. The lowest BCUT2D eigenvalue weighted by Gasteiger charge is -2.09. The van der Waals surface area contributed by atoms with Crippen LogP contribution in [0.5, 0.6) is 17.2 Å². The minimum atomic E-state index is 0.725. The fourth-order valence-corrected chi connectivity index (χ4v) is 1.68. The SMILES string of the molecule is COc1ccc2cc(OC)c(OC)cc2c1. The lowest BCUT2D eigenvalue weighted by atomic mass is 10.1. The minimum absolute atomic E-state index is 0.725. The van der Waals surface area contributed by atoms with E-state index in [2.05, 4.69) is 0 Å². The molecule has 0 aliphatic carbocycles. The summed E-state index contributed by atoms with van der Waals surface area (Å²) in [4.78, 5) is 0. The second-order valence-corrected chi connectivity index (χ2v) is 3.42. The third kappa shape index (κ3) is 1.76. The summed E-state index contributed by atoms with van der Waals surface area (Å²) in [5, 5.41) is 2.16. The Labute approximate surface area is 94.5 Å². The standard InChI is InChI=1S/C13H14O3/c1-14-11-5-4-9-7-12(15-2)13(16-3)8-10(9)6-11/h4-8H,1-3H3. The molecule has 16 heavy (non-hydrogen) atoms. The van der Waals surface area contributed by atoms with Crippen LogP contribution in [0, 0.1) is 0 Å². The van der Waals surface area contributed by atoms with Gasteiger partial charge in [-0.25, -0.2) is 0 Å². The maximum atomic E-state index is 5.25. The van der Waals surface area contributed by atoms with Crippen molar-refractivity contribution in [3.63, 3.8) is 0 Å². The van der Waals surface area contributed by atoms with Gasteiger partial charge in [0.25, 0.3) is 0 Å². The second-order valence-electron chi connectivity index (χ2n) is 3.42. The first-order chi connectivity index (χ1) is 7.78. The Bertz CT molecular complexity index is 506. The molecule has 0 radical (unpaired) electrons. The second kappa shape index (κ2) is 4.31. The summed E-state index contributed by atoms with van der Waals surface area (Å²) in [6, 6.07) is 9.78. The van der Waals surface area contributed by atoms with Gasteiger partial charge in [-0.15, -0.1) is 0 Å². The normalized spacial score (nSPS) is 10.2. The lowest BCUT2D eigenvalue weighted by molar-refractivity contribution is 0.356. The Morgan fingerprint density at radius 1 is 0.688 bits per heavy atom. The van der Waals surface area contributed by atoms with E-state index in [1.165, 1.54) is 0 Å². The number of hydrogen-bond donors (Lipinski definition) is 0. The highest BCUT2D eigenvalue weighted by molar-refractivity contribution is 5.87. The number of ether oxygens (including phenoxy) is 3. The Balaban J connectivity index is 2.63. The molecule has 0 fully saturated rings. The zero-order valence-electron chi connectivity index (χ0n) is 9.61. The number of benzene rings is 2. The molecule has 0 saturated heterocycles. The predicted octanol–water partition coefficient (Wildman–Crippen LogP) is 2.87. The van der Waals surface area contributed by atoms with Crippen LogP contribution in [0.1, 0.15) is 0 Å². The molecule has 84 valence electrons. The van der Waals surface area contributed by atoms with Crippen molar-refractivity contribution in [2.24, 2.45) is 0 Å². The van der Waals surface area contributed by atoms with E-state index in [1.54, 1.807) is 21.3 Å². The zero-order chi connectivity index (χ0) is 11.5. The van der Waals surface area contributed by atoms with Crippen molar-refractivity contribution in [3.8, 4) is 17.2 Å². The monoisotopic (exact) mass is 218 g/mol. The van der Waals surface area contributed by atoms with Crippen LogP contribution >= 0.6 is 0 Å². The summed E-state index contributed by atoms with van der Waals surface area (Å²) in [7, 11) is 4.92. The molecule has 0 saturated carbocycles. The van der Waals surface area contributed by atoms with E-state index in [0.29, 0.717) is 0 Å². The third-order valence-corrected chi connectivity index (χ3v) is 2.55. The molecule has 3 nitrogen and oxygen atoms in total. The largest absolute Gasteiger partial charge is 0.497 e. The van der Waals surface area contributed by atoms with Crippen LogP contribution in [-0.4, -0.2) is 21.3 Å². The predicted molar refractivity (Wildman–Crippen MR) is 63.6 cm³/mol. The average molecular weight is 218 g/mol. The Hall–Kier alpha value is -1.90. The molecule has 3 heteroatoms. The molecule has 0 aliphatic rings. The highest BCUT2D eigenvalue weighted by Gasteiger charge is 2.06. The van der Waals surface area contributed by atoms with Crippen LogP contribution in [-0.2, 0) is 0 Å². The molecule has 0 amide bonds. The first-order valence-electron chi connectivity index (χ1n) is 4.98. The van der Waals surface area contributed by atoms with Crippen LogP contribution in [0.25, 0.3) is 10.8 Å². The average Bonchev–Trinajstić information content (AvgIpc) is 2.36. The van der Waals surface area contributed by atoms with Crippen molar-refractivity contribution in [2.75, 3.05) is 21.3 Å². The van der Waals surface area contributed by atoms with Gasteiger partial charge in [0.1, 0.15) is 5.75 Å². The van der Waals surface area contributed by atoms with E-state index in [1.807, 2.05) is 30.3 Å². The van der Waals surface area contributed by atoms with Gasteiger partial charge in [-0.3, -0.25) is 0 Å². The van der Waals surface area contributed by atoms with Gasteiger partial charge in [0, 0.05) is 0 Å². The van der Waals surface area contributed by atoms with Gasteiger partial charge in [-0.2, -0.15) is 0 Å². The van der Waals surface area contributed by atoms with Crippen molar-refractivity contribution < 1.29 is 14.2 Å². The molecular formula is C13H14O3. The number of fused-ring (bicyclic) bond motifs is 1. The van der Waals surface area contributed by atoms with E-state index in [-0.39, 0.29) is 0 Å². The first kappa shape index (κ1) is 10.6. The molecule has 2 aromatic rings. The highest BCUT2D eigenvalue weighted by atomic mass is 16.5. The smallest absolute Gasteiger partial charge is 0.161 e. The van der Waals surface area contributed by atoms with Crippen LogP contribution in [0.15, 0.2) is 30.3 Å². The van der Waals surface area contributed by atoms with Crippen LogP contribution in [0.2, 0.25) is 0 Å². The molecule has 0 aromatic heterocycles. The molecule has 0 aliphatic heterocycles. The van der Waals surface area contributed by atoms with Gasteiger partial charge in [-0.05, 0) is 35.0 Å². The number of hydrogen-bond acceptors (Lipinski definition) is 3. The van der Waals surface area contributed by atoms with Gasteiger partial charge < -0.3 is 14.2 Å². The van der Waals surface area contributed by atoms with Crippen molar-refractivity contribution in [3.05, 3.63) is 30.3 Å². The summed E-state index contributed by atoms with van der Waals surface area (Å²) >= 11 is 0. The molecule has 0 spiro atoms. The quantitative estimate of drug-likeness (QED) is 0.792. The number of rotatable bonds is 3. The van der Waals surface area contributed by atoms with Crippen LogP contribution in [0.4, 0.5) is 0 Å². The Morgan fingerprint density at radius 3 is 1.88 bits per heavy atom. The maximum Gasteiger partial charge on any atom is 0.161 e. The van der Waals surface area contributed by atoms with Crippen molar-refractivity contribution in [1.29, 1.82) is 0 Å². The molecule has 0 unspecified atom stereocenters. The molecule has 0 atom stereocenters. The summed E-state index contributed by atoms with van der Waals surface area (Å²) in [5.74, 6) is 2.29.